The Morgan fingerprint density at radius 2 is 1.77 bits per heavy atom. The first-order chi connectivity index (χ1) is 14.6. The molecule has 1 aromatic heterocycles. The summed E-state index contributed by atoms with van der Waals surface area (Å²) in [4.78, 5) is 27.1. The van der Waals surface area contributed by atoms with Crippen molar-refractivity contribution in [3.05, 3.63) is 89.4 Å². The molecule has 4 rings (SSSR count). The Kier molecular flexibility index (Phi) is 5.95. The predicted molar refractivity (Wildman–Crippen MR) is 115 cm³/mol. The van der Waals surface area contributed by atoms with Crippen LogP contribution in [0, 0.1) is 6.92 Å². The van der Waals surface area contributed by atoms with Gasteiger partial charge in [0.15, 0.2) is 0 Å². The average molecular weight is 403 g/mol. The predicted octanol–water partition coefficient (Wildman–Crippen LogP) is 3.44. The van der Waals surface area contributed by atoms with Gasteiger partial charge in [0.25, 0.3) is 0 Å². The number of para-hydroxylation sites is 1. The van der Waals surface area contributed by atoms with Crippen LogP contribution in [0.25, 0.3) is 0 Å². The van der Waals surface area contributed by atoms with Gasteiger partial charge in [-0.3, -0.25) is 14.5 Å². The molecule has 2 aromatic carbocycles. The number of carbonyl (C=O) groups excluding carboxylic acids is 2. The molecule has 0 fully saturated rings. The minimum Gasteiger partial charge on any atom is -0.468 e. The Labute approximate surface area is 175 Å². The molecule has 0 spiro atoms. The molecule has 0 bridgehead atoms. The van der Waals surface area contributed by atoms with Gasteiger partial charge in [0.2, 0.25) is 0 Å². The number of nitrogens with zero attached hydrogens (tertiary/aromatic N) is 1. The number of benzene rings is 2. The molecular formula is C24H25N3O3. The number of nitrogens with one attached hydrogen (secondary N) is 2. The molecule has 6 nitrogen and oxygen atoms in total. The summed E-state index contributed by atoms with van der Waals surface area (Å²) in [6.07, 6.45) is 2.57. The molecular weight excluding hydrogens is 378 g/mol. The van der Waals surface area contributed by atoms with Gasteiger partial charge in [-0.15, -0.1) is 0 Å². The highest BCUT2D eigenvalue weighted by molar-refractivity contribution is 6.39. The van der Waals surface area contributed by atoms with E-state index in [1.54, 1.807) is 12.3 Å². The lowest BCUT2D eigenvalue weighted by atomic mass is 9.98. The van der Waals surface area contributed by atoms with E-state index in [1.165, 1.54) is 11.1 Å². The third kappa shape index (κ3) is 4.44. The largest absolute Gasteiger partial charge is 0.468 e. The highest BCUT2D eigenvalue weighted by Crippen LogP contribution is 2.27. The number of hydrogen-bond acceptors (Lipinski definition) is 4. The molecule has 30 heavy (non-hydrogen) atoms. The maximum atomic E-state index is 12.4. The van der Waals surface area contributed by atoms with Gasteiger partial charge in [-0.05, 0) is 48.2 Å². The summed E-state index contributed by atoms with van der Waals surface area (Å²) >= 11 is 0. The van der Waals surface area contributed by atoms with E-state index >= 15 is 0 Å². The third-order valence-corrected chi connectivity index (χ3v) is 5.53. The fourth-order valence-corrected chi connectivity index (χ4v) is 3.84. The molecule has 2 amide bonds. The van der Waals surface area contributed by atoms with Crippen molar-refractivity contribution >= 4 is 17.5 Å². The van der Waals surface area contributed by atoms with Gasteiger partial charge in [-0.2, -0.15) is 0 Å². The van der Waals surface area contributed by atoms with Crippen molar-refractivity contribution in [1.82, 2.24) is 10.2 Å². The number of amides is 2. The Morgan fingerprint density at radius 3 is 2.53 bits per heavy atom. The molecule has 3 aromatic rings. The summed E-state index contributed by atoms with van der Waals surface area (Å²) in [6, 6.07) is 19.4. The van der Waals surface area contributed by atoms with E-state index in [2.05, 4.69) is 33.7 Å². The molecule has 0 radical (unpaired) electrons. The van der Waals surface area contributed by atoms with Crippen LogP contribution in [0.15, 0.2) is 71.3 Å². The second-order valence-electron chi connectivity index (χ2n) is 7.50. The Morgan fingerprint density at radius 1 is 1.00 bits per heavy atom. The number of fused-ring (bicyclic) bond motifs is 1. The van der Waals surface area contributed by atoms with E-state index < -0.39 is 11.8 Å². The Bertz CT molecular complexity index is 1030. The second kappa shape index (κ2) is 8.97. The molecule has 154 valence electrons. The molecule has 6 heteroatoms. The normalized spacial score (nSPS) is 14.6. The summed E-state index contributed by atoms with van der Waals surface area (Å²) in [6.45, 7) is 3.80. The zero-order valence-electron chi connectivity index (χ0n) is 16.9. The van der Waals surface area contributed by atoms with Crippen molar-refractivity contribution in [3.63, 3.8) is 0 Å². The highest BCUT2D eigenvalue weighted by Gasteiger charge is 2.28. The van der Waals surface area contributed by atoms with Crippen molar-refractivity contribution in [2.45, 2.75) is 25.9 Å². The number of rotatable bonds is 5. The van der Waals surface area contributed by atoms with Gasteiger partial charge in [0, 0.05) is 25.3 Å². The van der Waals surface area contributed by atoms with Crippen LogP contribution in [0.2, 0.25) is 0 Å². The first-order valence-corrected chi connectivity index (χ1v) is 10.1. The molecule has 1 aliphatic heterocycles. The van der Waals surface area contributed by atoms with Gasteiger partial charge in [0.1, 0.15) is 5.76 Å². The van der Waals surface area contributed by atoms with Gasteiger partial charge in [0.05, 0.1) is 12.3 Å². The summed E-state index contributed by atoms with van der Waals surface area (Å²) in [7, 11) is 0. The molecule has 2 N–H and O–H groups in total. The van der Waals surface area contributed by atoms with E-state index in [9.17, 15) is 9.59 Å². The van der Waals surface area contributed by atoms with Gasteiger partial charge < -0.3 is 15.1 Å². The minimum atomic E-state index is -0.675. The van der Waals surface area contributed by atoms with Gasteiger partial charge in [-0.1, -0.05) is 42.5 Å². The molecule has 0 unspecified atom stereocenters. The lowest BCUT2D eigenvalue weighted by Gasteiger charge is -2.34. The van der Waals surface area contributed by atoms with Crippen LogP contribution in [0.3, 0.4) is 0 Å². The smallest absolute Gasteiger partial charge is 0.313 e. The fourth-order valence-electron chi connectivity index (χ4n) is 3.84. The quantitative estimate of drug-likeness (QED) is 0.640. The van der Waals surface area contributed by atoms with Crippen LogP contribution in [0.1, 0.15) is 28.5 Å². The van der Waals surface area contributed by atoms with Crippen LogP contribution < -0.4 is 10.6 Å². The van der Waals surface area contributed by atoms with E-state index in [0.717, 1.165) is 30.8 Å². The van der Waals surface area contributed by atoms with Crippen LogP contribution in [-0.4, -0.2) is 29.8 Å². The molecule has 0 saturated heterocycles. The SMILES string of the molecule is Cc1ccccc1NC(=O)C(=O)NC[C@H](c1ccco1)N1CCc2ccccc2C1. The Hall–Kier alpha value is -3.38. The van der Waals surface area contributed by atoms with Crippen molar-refractivity contribution in [3.8, 4) is 0 Å². The monoisotopic (exact) mass is 403 g/mol. The number of carbonyl (C=O) groups is 2. The van der Waals surface area contributed by atoms with Gasteiger partial charge >= 0.3 is 11.8 Å². The zero-order chi connectivity index (χ0) is 20.9. The summed E-state index contributed by atoms with van der Waals surface area (Å²) in [5.41, 5.74) is 4.17. The summed E-state index contributed by atoms with van der Waals surface area (Å²) < 4.78 is 5.65. The van der Waals surface area contributed by atoms with Crippen molar-refractivity contribution in [2.75, 3.05) is 18.4 Å². The topological polar surface area (TPSA) is 74.6 Å². The molecule has 1 aliphatic rings. The molecule has 0 saturated carbocycles. The van der Waals surface area contributed by atoms with Crippen LogP contribution in [0.5, 0.6) is 0 Å². The average Bonchev–Trinajstić information content (AvgIpc) is 3.30. The number of furan rings is 1. The van der Waals surface area contributed by atoms with Crippen molar-refractivity contribution < 1.29 is 14.0 Å². The lowest BCUT2D eigenvalue weighted by Crippen LogP contribution is -2.43. The van der Waals surface area contributed by atoms with E-state index in [0.29, 0.717) is 5.69 Å². The molecule has 2 heterocycles. The van der Waals surface area contributed by atoms with E-state index in [1.807, 2.05) is 43.3 Å². The fraction of sp³-hybridized carbons (Fsp3) is 0.250. The van der Waals surface area contributed by atoms with Crippen LogP contribution in [0.4, 0.5) is 5.69 Å². The molecule has 0 aliphatic carbocycles. The minimum absolute atomic E-state index is 0.149. The van der Waals surface area contributed by atoms with E-state index in [4.69, 9.17) is 4.42 Å². The number of anilines is 1. The van der Waals surface area contributed by atoms with E-state index in [-0.39, 0.29) is 12.6 Å². The lowest BCUT2D eigenvalue weighted by molar-refractivity contribution is -0.136. The first-order valence-electron chi connectivity index (χ1n) is 10.1. The van der Waals surface area contributed by atoms with Crippen molar-refractivity contribution in [2.24, 2.45) is 0 Å². The first kappa shape index (κ1) is 19.9. The molecule has 1 atom stereocenters. The zero-order valence-corrected chi connectivity index (χ0v) is 16.9. The third-order valence-electron chi connectivity index (χ3n) is 5.53. The highest BCUT2D eigenvalue weighted by atomic mass is 16.3. The van der Waals surface area contributed by atoms with Crippen LogP contribution >= 0.6 is 0 Å². The summed E-state index contributed by atoms with van der Waals surface area (Å²) in [5, 5.41) is 5.45. The summed E-state index contributed by atoms with van der Waals surface area (Å²) in [5.74, 6) is -0.562. The standard InChI is InChI=1S/C24H25N3O3/c1-17-7-2-5-10-20(17)26-24(29)23(28)25-15-21(22-11-6-14-30-22)27-13-12-18-8-3-4-9-19(18)16-27/h2-11,14,21H,12-13,15-16H2,1H3,(H,25,28)(H,26,29)/t21-/m1/s1. The Balaban J connectivity index is 1.43. The number of hydrogen-bond donors (Lipinski definition) is 2. The second-order valence-corrected chi connectivity index (χ2v) is 7.50. The maximum absolute atomic E-state index is 12.4. The van der Waals surface area contributed by atoms with Gasteiger partial charge in [-0.25, -0.2) is 0 Å². The van der Waals surface area contributed by atoms with Crippen LogP contribution in [-0.2, 0) is 22.6 Å². The van der Waals surface area contributed by atoms with Crippen molar-refractivity contribution in [1.29, 1.82) is 0 Å². The number of aryl methyl sites for hydroxylation is 1. The maximum Gasteiger partial charge on any atom is 0.313 e.